The van der Waals surface area contributed by atoms with Gasteiger partial charge in [0.25, 0.3) is 0 Å². The summed E-state index contributed by atoms with van der Waals surface area (Å²) in [6, 6.07) is 58.0. The topological polar surface area (TPSA) is 9.86 Å². The van der Waals surface area contributed by atoms with Gasteiger partial charge in [-0.15, -0.1) is 0 Å². The van der Waals surface area contributed by atoms with Crippen molar-refractivity contribution in [2.24, 2.45) is 0 Å². The molecule has 1 aliphatic rings. The summed E-state index contributed by atoms with van der Waals surface area (Å²) in [5.41, 5.74) is 15.2. The van der Waals surface area contributed by atoms with Crippen LogP contribution in [-0.2, 0) is 5.41 Å². The zero-order valence-corrected chi connectivity index (χ0v) is 26.4. The van der Waals surface area contributed by atoms with E-state index in [1.165, 1.54) is 88.4 Å². The molecular formula is C45H32N2. The fourth-order valence-corrected chi connectivity index (χ4v) is 8.39. The van der Waals surface area contributed by atoms with Crippen LogP contribution in [0.5, 0.6) is 0 Å². The molecular weight excluding hydrogens is 569 g/mol. The summed E-state index contributed by atoms with van der Waals surface area (Å²) in [5.74, 6) is 0. The third kappa shape index (κ3) is 3.56. The normalized spacial score (nSPS) is 13.5. The Hall–Kier alpha value is -5.86. The molecule has 7 aromatic carbocycles. The SMILES string of the molecule is CC1(C)c2ccccc2-c2c1cc(-c1ccc(-n3c4ccccc4c4ccccc43)cc1)c1c3ccccc3n(-c3ccccc3)c21. The first kappa shape index (κ1) is 26.4. The van der Waals surface area contributed by atoms with Crippen LogP contribution < -0.4 is 0 Å². The summed E-state index contributed by atoms with van der Waals surface area (Å²) in [6.45, 7) is 4.77. The Kier molecular flexibility index (Phi) is 5.37. The van der Waals surface area contributed by atoms with E-state index in [0.717, 1.165) is 0 Å². The van der Waals surface area contributed by atoms with E-state index in [1.807, 2.05) is 0 Å². The number of para-hydroxylation sites is 4. The second-order valence-electron chi connectivity index (χ2n) is 13.3. The number of hydrogen-bond donors (Lipinski definition) is 0. The third-order valence-corrected chi connectivity index (χ3v) is 10.5. The van der Waals surface area contributed by atoms with E-state index in [9.17, 15) is 0 Å². The predicted octanol–water partition coefficient (Wildman–Crippen LogP) is 11.9. The molecule has 0 saturated carbocycles. The van der Waals surface area contributed by atoms with E-state index in [-0.39, 0.29) is 5.41 Å². The lowest BCUT2D eigenvalue weighted by Gasteiger charge is -2.23. The summed E-state index contributed by atoms with van der Waals surface area (Å²) >= 11 is 0. The lowest BCUT2D eigenvalue weighted by atomic mass is 9.81. The molecule has 10 rings (SSSR count). The van der Waals surface area contributed by atoms with Crippen LogP contribution in [0.4, 0.5) is 0 Å². The van der Waals surface area contributed by atoms with Crippen molar-refractivity contribution in [2.45, 2.75) is 19.3 Å². The standard InChI is InChI=1S/C45H32N2/c1-45(2)37-20-10-6-18-34(37)43-38(45)28-36(42-35-19-9-13-23-41(35)47(44(42)43)30-14-4-3-5-15-30)29-24-26-31(27-25-29)46-39-21-11-7-16-32(39)33-17-8-12-22-40(33)46/h3-28H,1-2H3. The summed E-state index contributed by atoms with van der Waals surface area (Å²) in [6.07, 6.45) is 0. The first-order valence-corrected chi connectivity index (χ1v) is 16.5. The van der Waals surface area contributed by atoms with Gasteiger partial charge in [0.2, 0.25) is 0 Å². The van der Waals surface area contributed by atoms with E-state index < -0.39 is 0 Å². The molecule has 9 aromatic rings. The first-order valence-electron chi connectivity index (χ1n) is 16.5. The van der Waals surface area contributed by atoms with E-state index >= 15 is 0 Å². The molecule has 0 fully saturated rings. The Labute approximate surface area is 273 Å². The Morgan fingerprint density at radius 1 is 0.426 bits per heavy atom. The molecule has 1 aliphatic carbocycles. The molecule has 0 unspecified atom stereocenters. The number of hydrogen-bond acceptors (Lipinski definition) is 0. The highest BCUT2D eigenvalue weighted by atomic mass is 15.0. The zero-order chi connectivity index (χ0) is 31.3. The molecule has 0 amide bonds. The molecule has 2 nitrogen and oxygen atoms in total. The highest BCUT2D eigenvalue weighted by Crippen LogP contribution is 2.55. The van der Waals surface area contributed by atoms with Crippen LogP contribution in [0.1, 0.15) is 25.0 Å². The number of rotatable bonds is 3. The minimum absolute atomic E-state index is 0.129. The van der Waals surface area contributed by atoms with Gasteiger partial charge in [-0.3, -0.25) is 0 Å². The van der Waals surface area contributed by atoms with E-state index in [0.29, 0.717) is 0 Å². The van der Waals surface area contributed by atoms with Crippen molar-refractivity contribution in [2.75, 3.05) is 0 Å². The number of nitrogens with zero attached hydrogens (tertiary/aromatic N) is 2. The van der Waals surface area contributed by atoms with E-state index in [4.69, 9.17) is 0 Å². The van der Waals surface area contributed by atoms with Gasteiger partial charge in [-0.05, 0) is 76.3 Å². The van der Waals surface area contributed by atoms with Gasteiger partial charge in [-0.2, -0.15) is 0 Å². The van der Waals surface area contributed by atoms with E-state index in [2.05, 4.69) is 181 Å². The van der Waals surface area contributed by atoms with Crippen LogP contribution >= 0.6 is 0 Å². The van der Waals surface area contributed by atoms with Crippen LogP contribution in [-0.4, -0.2) is 9.13 Å². The molecule has 2 aromatic heterocycles. The molecule has 2 heterocycles. The van der Waals surface area contributed by atoms with Crippen LogP contribution in [0.3, 0.4) is 0 Å². The highest BCUT2D eigenvalue weighted by molar-refractivity contribution is 6.21. The van der Waals surface area contributed by atoms with Gasteiger partial charge >= 0.3 is 0 Å². The zero-order valence-electron chi connectivity index (χ0n) is 26.4. The molecule has 0 saturated heterocycles. The lowest BCUT2D eigenvalue weighted by molar-refractivity contribution is 0.661. The molecule has 0 atom stereocenters. The summed E-state index contributed by atoms with van der Waals surface area (Å²) in [7, 11) is 0. The average molecular weight is 601 g/mol. The maximum atomic E-state index is 2.50. The largest absolute Gasteiger partial charge is 0.309 e. The number of fused-ring (bicyclic) bond motifs is 10. The minimum Gasteiger partial charge on any atom is -0.309 e. The van der Waals surface area contributed by atoms with Gasteiger partial charge in [0.1, 0.15) is 0 Å². The average Bonchev–Trinajstić information content (AvgIpc) is 3.72. The van der Waals surface area contributed by atoms with Crippen molar-refractivity contribution in [1.29, 1.82) is 0 Å². The maximum Gasteiger partial charge on any atom is 0.0628 e. The van der Waals surface area contributed by atoms with E-state index in [1.54, 1.807) is 0 Å². The molecule has 0 aliphatic heterocycles. The van der Waals surface area contributed by atoms with Gasteiger partial charge < -0.3 is 9.13 Å². The van der Waals surface area contributed by atoms with Crippen molar-refractivity contribution >= 4 is 43.6 Å². The van der Waals surface area contributed by atoms with Crippen LogP contribution in [0.15, 0.2) is 158 Å². The summed E-state index contributed by atoms with van der Waals surface area (Å²) in [5, 5.41) is 5.14. The van der Waals surface area contributed by atoms with Gasteiger partial charge in [-0.25, -0.2) is 0 Å². The van der Waals surface area contributed by atoms with Crippen molar-refractivity contribution in [3.8, 4) is 33.6 Å². The third-order valence-electron chi connectivity index (χ3n) is 10.5. The quantitative estimate of drug-likeness (QED) is 0.191. The predicted molar refractivity (Wildman–Crippen MR) is 198 cm³/mol. The second kappa shape index (κ2) is 9.57. The summed E-state index contributed by atoms with van der Waals surface area (Å²) < 4.78 is 4.89. The minimum atomic E-state index is -0.129. The van der Waals surface area contributed by atoms with Crippen molar-refractivity contribution in [3.63, 3.8) is 0 Å². The van der Waals surface area contributed by atoms with Gasteiger partial charge in [0.15, 0.2) is 0 Å². The van der Waals surface area contributed by atoms with Crippen molar-refractivity contribution < 1.29 is 0 Å². The lowest BCUT2D eigenvalue weighted by Crippen LogP contribution is -2.15. The first-order chi connectivity index (χ1) is 23.1. The molecule has 2 heteroatoms. The molecule has 0 spiro atoms. The molecule has 0 radical (unpaired) electrons. The van der Waals surface area contributed by atoms with Crippen molar-refractivity contribution in [1.82, 2.24) is 9.13 Å². The van der Waals surface area contributed by atoms with Crippen LogP contribution in [0.2, 0.25) is 0 Å². The van der Waals surface area contributed by atoms with Crippen LogP contribution in [0.25, 0.3) is 77.2 Å². The highest BCUT2D eigenvalue weighted by Gasteiger charge is 2.38. The molecule has 222 valence electrons. The smallest absolute Gasteiger partial charge is 0.0628 e. The number of benzene rings is 7. The van der Waals surface area contributed by atoms with Gasteiger partial charge in [-0.1, -0.05) is 123 Å². The van der Waals surface area contributed by atoms with Crippen LogP contribution in [0, 0.1) is 0 Å². The Bertz CT molecular complexity index is 2630. The monoisotopic (exact) mass is 600 g/mol. The number of aromatic nitrogens is 2. The Morgan fingerprint density at radius 2 is 0.957 bits per heavy atom. The fraction of sp³-hybridized carbons (Fsp3) is 0.0667. The summed E-state index contributed by atoms with van der Waals surface area (Å²) in [4.78, 5) is 0. The second-order valence-corrected chi connectivity index (χ2v) is 13.3. The fourth-order valence-electron chi connectivity index (χ4n) is 8.39. The molecule has 0 N–H and O–H groups in total. The Balaban J connectivity index is 1.29. The maximum absolute atomic E-state index is 2.50. The molecule has 0 bridgehead atoms. The van der Waals surface area contributed by atoms with Gasteiger partial charge in [0.05, 0.1) is 22.1 Å². The Morgan fingerprint density at radius 3 is 1.64 bits per heavy atom. The molecule has 47 heavy (non-hydrogen) atoms. The van der Waals surface area contributed by atoms with Crippen molar-refractivity contribution in [3.05, 3.63) is 169 Å². The van der Waals surface area contributed by atoms with Gasteiger partial charge in [0, 0.05) is 43.9 Å².